The number of halogens is 2. The maximum atomic E-state index is 13.6. The van der Waals surface area contributed by atoms with Crippen molar-refractivity contribution in [1.29, 1.82) is 0 Å². The molecule has 0 saturated heterocycles. The van der Waals surface area contributed by atoms with Crippen LogP contribution in [-0.4, -0.2) is 36.2 Å². The van der Waals surface area contributed by atoms with Crippen LogP contribution in [0.4, 0.5) is 14.5 Å². The molecule has 1 aliphatic rings. The van der Waals surface area contributed by atoms with Crippen molar-refractivity contribution in [1.82, 2.24) is 10.6 Å². The first kappa shape index (κ1) is 24.1. The number of rotatable bonds is 9. The number of amides is 1. The molecule has 2 aromatic carbocycles. The largest absolute Gasteiger partial charge is 0.390 e. The maximum Gasteiger partial charge on any atom is 0.217 e. The number of aliphatic hydroxyl groups is 1. The lowest BCUT2D eigenvalue weighted by Gasteiger charge is -2.31. The Labute approximate surface area is 188 Å². The Morgan fingerprint density at radius 2 is 1.84 bits per heavy atom. The molecule has 32 heavy (non-hydrogen) atoms. The van der Waals surface area contributed by atoms with Gasteiger partial charge in [0.2, 0.25) is 5.91 Å². The van der Waals surface area contributed by atoms with E-state index in [2.05, 4.69) is 48.0 Å². The van der Waals surface area contributed by atoms with Gasteiger partial charge in [-0.25, -0.2) is 8.78 Å². The summed E-state index contributed by atoms with van der Waals surface area (Å²) in [4.78, 5) is 11.7. The monoisotopic (exact) mass is 445 g/mol. The van der Waals surface area contributed by atoms with Gasteiger partial charge in [0, 0.05) is 37.8 Å². The smallest absolute Gasteiger partial charge is 0.217 e. The van der Waals surface area contributed by atoms with Gasteiger partial charge in [-0.3, -0.25) is 4.79 Å². The van der Waals surface area contributed by atoms with E-state index < -0.39 is 23.8 Å². The zero-order valence-corrected chi connectivity index (χ0v) is 18.9. The molecule has 2 aromatic rings. The fourth-order valence-electron chi connectivity index (χ4n) is 4.31. The predicted octanol–water partition coefficient (Wildman–Crippen LogP) is 3.72. The van der Waals surface area contributed by atoms with E-state index in [9.17, 15) is 18.7 Å². The quantitative estimate of drug-likeness (QED) is 0.475. The van der Waals surface area contributed by atoms with Crippen LogP contribution in [0.2, 0.25) is 0 Å². The molecule has 0 fully saturated rings. The minimum Gasteiger partial charge on any atom is -0.390 e. The van der Waals surface area contributed by atoms with Crippen LogP contribution in [0, 0.1) is 17.6 Å². The molecular weight excluding hydrogens is 412 g/mol. The first-order chi connectivity index (χ1) is 15.2. The van der Waals surface area contributed by atoms with Gasteiger partial charge in [-0.05, 0) is 60.1 Å². The molecule has 0 aromatic heterocycles. The van der Waals surface area contributed by atoms with Gasteiger partial charge in [-0.2, -0.15) is 0 Å². The Morgan fingerprint density at radius 3 is 2.50 bits per heavy atom. The van der Waals surface area contributed by atoms with Crippen molar-refractivity contribution in [3.8, 4) is 0 Å². The van der Waals surface area contributed by atoms with Crippen LogP contribution in [0.25, 0.3) is 0 Å². The topological polar surface area (TPSA) is 73.4 Å². The number of hydrogen-bond acceptors (Lipinski definition) is 4. The van der Waals surface area contributed by atoms with Crippen LogP contribution in [0.5, 0.6) is 0 Å². The highest BCUT2D eigenvalue weighted by Gasteiger charge is 2.25. The summed E-state index contributed by atoms with van der Waals surface area (Å²) in [6.45, 7) is 6.80. The summed E-state index contributed by atoms with van der Waals surface area (Å²) in [5.41, 5.74) is 3.92. The van der Waals surface area contributed by atoms with Crippen LogP contribution >= 0.6 is 0 Å². The highest BCUT2D eigenvalue weighted by molar-refractivity contribution is 5.73. The van der Waals surface area contributed by atoms with Crippen molar-refractivity contribution in [3.05, 3.63) is 64.7 Å². The summed E-state index contributed by atoms with van der Waals surface area (Å²) in [7, 11) is 0. The third kappa shape index (κ3) is 6.74. The molecule has 174 valence electrons. The molecule has 1 aliphatic heterocycles. The van der Waals surface area contributed by atoms with E-state index >= 15 is 0 Å². The van der Waals surface area contributed by atoms with Crippen molar-refractivity contribution < 1.29 is 18.7 Å². The second-order valence-corrected chi connectivity index (χ2v) is 9.05. The molecule has 3 atom stereocenters. The minimum atomic E-state index is -0.928. The SMILES string of the molecule is CC(=O)N[C@@H](Cc1cc(F)cc(F)c1)[C@@H](O)CN[C@H]1CCNc2ccc(CC(C)C)cc21. The molecule has 4 N–H and O–H groups in total. The highest BCUT2D eigenvalue weighted by atomic mass is 19.1. The first-order valence-corrected chi connectivity index (χ1v) is 11.2. The maximum absolute atomic E-state index is 13.6. The zero-order valence-electron chi connectivity index (χ0n) is 18.9. The molecule has 1 amide bonds. The lowest BCUT2D eigenvalue weighted by molar-refractivity contribution is -0.120. The van der Waals surface area contributed by atoms with Gasteiger partial charge in [-0.15, -0.1) is 0 Å². The molecule has 0 aliphatic carbocycles. The van der Waals surface area contributed by atoms with Crippen molar-refractivity contribution in [2.75, 3.05) is 18.4 Å². The van der Waals surface area contributed by atoms with E-state index in [0.717, 1.165) is 31.1 Å². The number of aliphatic hydroxyl groups excluding tert-OH is 1. The second-order valence-electron chi connectivity index (χ2n) is 9.05. The average Bonchev–Trinajstić information content (AvgIpc) is 2.70. The van der Waals surface area contributed by atoms with E-state index in [0.29, 0.717) is 11.5 Å². The molecule has 5 nitrogen and oxygen atoms in total. The molecule has 0 radical (unpaired) electrons. The van der Waals surface area contributed by atoms with Crippen LogP contribution in [0.3, 0.4) is 0 Å². The Morgan fingerprint density at radius 1 is 1.12 bits per heavy atom. The summed E-state index contributed by atoms with van der Waals surface area (Å²) < 4.78 is 27.2. The van der Waals surface area contributed by atoms with Gasteiger partial charge in [0.15, 0.2) is 0 Å². The minimum absolute atomic E-state index is 0.0672. The Kier molecular flexibility index (Phi) is 8.21. The standard InChI is InChI=1S/C25H33F2N3O2/c1-15(2)8-17-4-5-22-21(11-17)23(6-7-28-22)29-14-25(32)24(30-16(3)31)12-18-9-19(26)13-20(27)10-18/h4-5,9-11,13,15,23-25,28-29,32H,6-8,12,14H2,1-3H3,(H,30,31)/t23-,24-,25-/m0/s1. The van der Waals surface area contributed by atoms with E-state index in [1.165, 1.54) is 30.2 Å². The average molecular weight is 446 g/mol. The highest BCUT2D eigenvalue weighted by Crippen LogP contribution is 2.31. The van der Waals surface area contributed by atoms with Gasteiger partial charge in [0.1, 0.15) is 11.6 Å². The third-order valence-electron chi connectivity index (χ3n) is 5.69. The Bertz CT molecular complexity index is 915. The normalized spacial score (nSPS) is 17.4. The number of carbonyl (C=O) groups is 1. The fourth-order valence-corrected chi connectivity index (χ4v) is 4.31. The third-order valence-corrected chi connectivity index (χ3v) is 5.69. The van der Waals surface area contributed by atoms with Crippen molar-refractivity contribution >= 4 is 11.6 Å². The summed E-state index contributed by atoms with van der Waals surface area (Å²) in [5.74, 6) is -1.12. The Balaban J connectivity index is 1.69. The summed E-state index contributed by atoms with van der Waals surface area (Å²) in [6, 6.07) is 9.11. The van der Waals surface area contributed by atoms with Crippen LogP contribution in [0.1, 0.15) is 49.9 Å². The lowest BCUT2D eigenvalue weighted by Crippen LogP contribution is -2.48. The number of hydrogen-bond donors (Lipinski definition) is 4. The molecule has 7 heteroatoms. The van der Waals surface area contributed by atoms with Crippen LogP contribution < -0.4 is 16.0 Å². The number of nitrogens with one attached hydrogen (secondary N) is 3. The number of anilines is 1. The van der Waals surface area contributed by atoms with E-state index in [1.54, 1.807) is 0 Å². The molecule has 0 bridgehead atoms. The van der Waals surface area contributed by atoms with Gasteiger partial charge >= 0.3 is 0 Å². The van der Waals surface area contributed by atoms with Crippen molar-refractivity contribution in [2.24, 2.45) is 5.92 Å². The summed E-state index contributed by atoms with van der Waals surface area (Å²) in [5, 5.41) is 20.4. The number of fused-ring (bicyclic) bond motifs is 1. The molecule has 0 spiro atoms. The summed E-state index contributed by atoms with van der Waals surface area (Å²) in [6.07, 6.45) is 1.06. The van der Waals surface area contributed by atoms with Gasteiger partial charge in [-0.1, -0.05) is 26.0 Å². The first-order valence-electron chi connectivity index (χ1n) is 11.2. The predicted molar refractivity (Wildman–Crippen MR) is 123 cm³/mol. The molecule has 0 unspecified atom stereocenters. The van der Waals surface area contributed by atoms with Crippen molar-refractivity contribution in [3.63, 3.8) is 0 Å². The second kappa shape index (κ2) is 10.9. The van der Waals surface area contributed by atoms with Gasteiger partial charge in [0.05, 0.1) is 12.1 Å². The van der Waals surface area contributed by atoms with Gasteiger partial charge < -0.3 is 21.1 Å². The summed E-state index contributed by atoms with van der Waals surface area (Å²) >= 11 is 0. The number of benzene rings is 2. The number of carbonyl (C=O) groups excluding carboxylic acids is 1. The molecular formula is C25H33F2N3O2. The lowest BCUT2D eigenvalue weighted by atomic mass is 9.92. The molecule has 1 heterocycles. The van der Waals surface area contributed by atoms with Gasteiger partial charge in [0.25, 0.3) is 0 Å². The van der Waals surface area contributed by atoms with Crippen molar-refractivity contribution in [2.45, 2.75) is 58.2 Å². The van der Waals surface area contributed by atoms with Crippen LogP contribution in [-0.2, 0) is 17.6 Å². The van der Waals surface area contributed by atoms with E-state index in [1.807, 2.05) is 0 Å². The van der Waals surface area contributed by atoms with E-state index in [-0.39, 0.29) is 24.9 Å². The fraction of sp³-hybridized carbons (Fsp3) is 0.480. The zero-order chi connectivity index (χ0) is 23.3. The molecule has 3 rings (SSSR count). The van der Waals surface area contributed by atoms with E-state index in [4.69, 9.17) is 0 Å². The van der Waals surface area contributed by atoms with Crippen LogP contribution in [0.15, 0.2) is 36.4 Å². The molecule has 0 saturated carbocycles. The Hall–Kier alpha value is -2.51.